The second-order valence-electron chi connectivity index (χ2n) is 8.43. The summed E-state index contributed by atoms with van der Waals surface area (Å²) in [5.41, 5.74) is 0.489. The van der Waals surface area contributed by atoms with E-state index in [4.69, 9.17) is 0 Å². The van der Waals surface area contributed by atoms with Gasteiger partial charge in [0.25, 0.3) is 5.91 Å². The van der Waals surface area contributed by atoms with Gasteiger partial charge >= 0.3 is 11.8 Å². The van der Waals surface area contributed by atoms with Gasteiger partial charge in [0.05, 0.1) is 6.54 Å². The fourth-order valence-electron chi connectivity index (χ4n) is 3.29. The number of carbonyl (C=O) groups excluding carboxylic acids is 3. The van der Waals surface area contributed by atoms with Crippen molar-refractivity contribution in [2.24, 2.45) is 5.41 Å². The van der Waals surface area contributed by atoms with Crippen molar-refractivity contribution in [3.8, 4) is 11.1 Å². The van der Waals surface area contributed by atoms with Gasteiger partial charge in [-0.2, -0.15) is 8.78 Å². The van der Waals surface area contributed by atoms with Crippen molar-refractivity contribution in [2.45, 2.75) is 38.7 Å². The first-order valence-corrected chi connectivity index (χ1v) is 10.1. The number of alkyl halides is 4. The van der Waals surface area contributed by atoms with Gasteiger partial charge in [-0.25, -0.2) is 8.78 Å². The first-order chi connectivity index (χ1) is 15.3. The molecular weight excluding hydrogens is 442 g/mol. The van der Waals surface area contributed by atoms with Crippen LogP contribution in [0.25, 0.3) is 11.1 Å². The predicted octanol–water partition coefficient (Wildman–Crippen LogP) is 3.90. The van der Waals surface area contributed by atoms with Crippen LogP contribution in [0, 0.1) is 5.41 Å². The van der Waals surface area contributed by atoms with E-state index in [1.807, 2.05) is 0 Å². The van der Waals surface area contributed by atoms with Crippen LogP contribution in [0.2, 0.25) is 0 Å². The van der Waals surface area contributed by atoms with Gasteiger partial charge in [0.1, 0.15) is 11.5 Å². The van der Waals surface area contributed by atoms with Crippen LogP contribution < -0.4 is 16.0 Å². The molecule has 0 radical (unpaired) electrons. The maximum absolute atomic E-state index is 13.5. The average molecular weight is 465 g/mol. The Morgan fingerprint density at radius 3 is 2.12 bits per heavy atom. The van der Waals surface area contributed by atoms with E-state index < -0.39 is 47.6 Å². The molecule has 1 atom stereocenters. The van der Waals surface area contributed by atoms with Crippen LogP contribution >= 0.6 is 0 Å². The Hall–Kier alpha value is -3.43. The molecule has 0 saturated carbocycles. The number of hydrogen-bond donors (Lipinski definition) is 3. The van der Waals surface area contributed by atoms with Crippen LogP contribution in [0.1, 0.15) is 32.4 Å². The molecule has 3 rings (SSSR count). The van der Waals surface area contributed by atoms with Gasteiger partial charge in [-0.3, -0.25) is 14.4 Å². The zero-order chi connectivity index (χ0) is 24.6. The number of hydrogen-bond acceptors (Lipinski definition) is 3. The molecule has 6 nitrogen and oxygen atoms in total. The zero-order valence-corrected chi connectivity index (χ0v) is 18.1. The van der Waals surface area contributed by atoms with Gasteiger partial charge in [0, 0.05) is 18.2 Å². The minimum Gasteiger partial charge on any atom is -0.349 e. The molecule has 1 heterocycles. The lowest BCUT2D eigenvalue weighted by atomic mass is 9.89. The van der Waals surface area contributed by atoms with Crippen LogP contribution in [-0.4, -0.2) is 36.1 Å². The van der Waals surface area contributed by atoms with E-state index in [1.54, 1.807) is 53.8 Å². The largest absolute Gasteiger partial charge is 0.349 e. The molecule has 10 heteroatoms. The smallest absolute Gasteiger partial charge is 0.326 e. The third-order valence-electron chi connectivity index (χ3n) is 5.53. The third kappa shape index (κ3) is 4.69. The second kappa shape index (κ2) is 8.49. The van der Waals surface area contributed by atoms with Crippen molar-refractivity contribution in [2.75, 3.05) is 11.9 Å². The Kier molecular flexibility index (Phi) is 6.23. The summed E-state index contributed by atoms with van der Waals surface area (Å²) in [5, 5.41) is 6.95. The van der Waals surface area contributed by atoms with Gasteiger partial charge in [-0.15, -0.1) is 0 Å². The topological polar surface area (TPSA) is 87.3 Å². The van der Waals surface area contributed by atoms with Gasteiger partial charge in [-0.05, 0) is 31.0 Å². The Morgan fingerprint density at radius 2 is 1.48 bits per heavy atom. The Balaban J connectivity index is 1.83. The molecule has 0 saturated heterocycles. The lowest BCUT2D eigenvalue weighted by Crippen LogP contribution is -2.54. The SMILES string of the molecule is CC(C)(C(=O)NCC(F)(F)C(C)(F)F)C(=O)N[C@@H]1C(=O)Nc2ccccc2-c2ccccc21. The van der Waals surface area contributed by atoms with E-state index in [9.17, 15) is 31.9 Å². The first-order valence-electron chi connectivity index (χ1n) is 10.1. The Bertz CT molecular complexity index is 1100. The molecule has 0 spiro atoms. The van der Waals surface area contributed by atoms with E-state index in [0.29, 0.717) is 16.8 Å². The molecule has 33 heavy (non-hydrogen) atoms. The van der Waals surface area contributed by atoms with Crippen molar-refractivity contribution in [3.63, 3.8) is 0 Å². The van der Waals surface area contributed by atoms with Crippen molar-refractivity contribution in [3.05, 3.63) is 54.1 Å². The molecule has 1 aliphatic rings. The molecule has 176 valence electrons. The maximum atomic E-state index is 13.5. The Labute approximate surface area is 187 Å². The fraction of sp³-hybridized carbons (Fsp3) is 0.348. The summed E-state index contributed by atoms with van der Waals surface area (Å²) < 4.78 is 53.1. The van der Waals surface area contributed by atoms with Gasteiger partial charge in [0.2, 0.25) is 11.8 Å². The first kappa shape index (κ1) is 24.2. The monoisotopic (exact) mass is 465 g/mol. The number of rotatable bonds is 6. The number of benzene rings is 2. The molecule has 1 aliphatic heterocycles. The molecule has 0 aliphatic carbocycles. The zero-order valence-electron chi connectivity index (χ0n) is 18.1. The summed E-state index contributed by atoms with van der Waals surface area (Å²) in [6.07, 6.45) is 0. The average Bonchev–Trinajstić information content (AvgIpc) is 2.86. The summed E-state index contributed by atoms with van der Waals surface area (Å²) >= 11 is 0. The summed E-state index contributed by atoms with van der Waals surface area (Å²) in [7, 11) is 0. The normalized spacial score (nSPS) is 16.1. The van der Waals surface area contributed by atoms with E-state index in [1.165, 1.54) is 0 Å². The van der Waals surface area contributed by atoms with Crippen LogP contribution in [-0.2, 0) is 14.4 Å². The van der Waals surface area contributed by atoms with Crippen molar-refractivity contribution >= 4 is 23.4 Å². The van der Waals surface area contributed by atoms with E-state index in [-0.39, 0.29) is 6.92 Å². The van der Waals surface area contributed by atoms with Crippen molar-refractivity contribution in [1.82, 2.24) is 10.6 Å². The predicted molar refractivity (Wildman–Crippen MR) is 114 cm³/mol. The Morgan fingerprint density at radius 1 is 0.909 bits per heavy atom. The lowest BCUT2D eigenvalue weighted by molar-refractivity contribution is -0.195. The van der Waals surface area contributed by atoms with Crippen LogP contribution in [0.4, 0.5) is 23.2 Å². The summed E-state index contributed by atoms with van der Waals surface area (Å²) in [4.78, 5) is 38.3. The van der Waals surface area contributed by atoms with E-state index in [0.717, 1.165) is 19.4 Å². The van der Waals surface area contributed by atoms with E-state index >= 15 is 0 Å². The number of amides is 3. The number of carbonyl (C=O) groups is 3. The molecule has 2 aromatic rings. The van der Waals surface area contributed by atoms with Gasteiger partial charge in [0.15, 0.2) is 0 Å². The van der Waals surface area contributed by atoms with Crippen LogP contribution in [0.3, 0.4) is 0 Å². The number of halogens is 4. The van der Waals surface area contributed by atoms with Crippen molar-refractivity contribution < 1.29 is 31.9 Å². The second-order valence-corrected chi connectivity index (χ2v) is 8.43. The fourth-order valence-corrected chi connectivity index (χ4v) is 3.29. The summed E-state index contributed by atoms with van der Waals surface area (Å²) in [6, 6.07) is 12.7. The molecule has 0 bridgehead atoms. The number of nitrogens with one attached hydrogen (secondary N) is 3. The highest BCUT2D eigenvalue weighted by Crippen LogP contribution is 2.37. The highest BCUT2D eigenvalue weighted by Gasteiger charge is 2.53. The summed E-state index contributed by atoms with van der Waals surface area (Å²) in [6.45, 7) is 0.690. The number of para-hydroxylation sites is 1. The highest BCUT2D eigenvalue weighted by atomic mass is 19.3. The maximum Gasteiger partial charge on any atom is 0.326 e. The molecule has 0 aromatic heterocycles. The van der Waals surface area contributed by atoms with Crippen molar-refractivity contribution in [1.29, 1.82) is 0 Å². The molecule has 3 amide bonds. The molecular formula is C23H23F4N3O3. The molecule has 0 unspecified atom stereocenters. The van der Waals surface area contributed by atoms with Gasteiger partial charge in [-0.1, -0.05) is 42.5 Å². The van der Waals surface area contributed by atoms with E-state index in [2.05, 4.69) is 10.6 Å². The van der Waals surface area contributed by atoms with Gasteiger partial charge < -0.3 is 16.0 Å². The minimum absolute atomic E-state index is 0.0388. The standard InChI is InChI=1S/C23H23F4N3O3/c1-21(2,19(32)28-12-23(26,27)22(3,24)25)20(33)30-17-15-10-5-4-8-13(15)14-9-6-7-11-16(14)29-18(17)31/h4-11,17H,12H2,1-3H3,(H,28,32)(H,29,31)(H,30,33)/t17-/m0/s1. The molecule has 2 aromatic carbocycles. The number of anilines is 1. The minimum atomic E-state index is -4.50. The van der Waals surface area contributed by atoms with Crippen LogP contribution in [0.5, 0.6) is 0 Å². The third-order valence-corrected chi connectivity index (χ3v) is 5.53. The van der Waals surface area contributed by atoms with Crippen LogP contribution in [0.15, 0.2) is 48.5 Å². The number of fused-ring (bicyclic) bond motifs is 3. The highest BCUT2D eigenvalue weighted by molar-refractivity contribution is 6.08. The quantitative estimate of drug-likeness (QED) is 0.447. The molecule has 3 N–H and O–H groups in total. The summed E-state index contributed by atoms with van der Waals surface area (Å²) in [5.74, 6) is -11.5. The lowest BCUT2D eigenvalue weighted by Gasteiger charge is -2.28. The molecule has 0 fully saturated rings.